The Balaban J connectivity index is 1.90. The summed E-state index contributed by atoms with van der Waals surface area (Å²) in [7, 11) is 1.88. The van der Waals surface area contributed by atoms with Crippen LogP contribution in [-0.4, -0.2) is 55.8 Å². The average molecular weight is 302 g/mol. The fourth-order valence-corrected chi connectivity index (χ4v) is 2.41. The van der Waals surface area contributed by atoms with E-state index < -0.39 is 12.7 Å². The Morgan fingerprint density at radius 1 is 1.24 bits per heavy atom. The summed E-state index contributed by atoms with van der Waals surface area (Å²) in [5.41, 5.74) is 1.92. The van der Waals surface area contributed by atoms with Crippen LogP contribution in [0.1, 0.15) is 18.7 Å². The van der Waals surface area contributed by atoms with E-state index in [2.05, 4.69) is 15.2 Å². The van der Waals surface area contributed by atoms with E-state index in [4.69, 9.17) is 0 Å². The van der Waals surface area contributed by atoms with Crippen molar-refractivity contribution in [3.8, 4) is 0 Å². The van der Waals surface area contributed by atoms with E-state index in [-0.39, 0.29) is 6.04 Å². The highest BCUT2D eigenvalue weighted by Crippen LogP contribution is 2.21. The Hall–Kier alpha value is -1.34. The van der Waals surface area contributed by atoms with Crippen LogP contribution in [0.4, 0.5) is 18.9 Å². The van der Waals surface area contributed by atoms with E-state index in [0.717, 1.165) is 11.4 Å². The number of aromatic nitrogens is 1. The van der Waals surface area contributed by atoms with Crippen molar-refractivity contribution in [2.75, 3.05) is 44.7 Å². The third-order valence-electron chi connectivity index (χ3n) is 3.79. The number of alkyl halides is 3. The lowest BCUT2D eigenvalue weighted by atomic mass is 10.2. The molecule has 0 amide bonds. The van der Waals surface area contributed by atoms with Gasteiger partial charge in [0.1, 0.15) is 0 Å². The number of nitrogens with zero attached hydrogens (tertiary/aromatic N) is 3. The third-order valence-corrected chi connectivity index (χ3v) is 3.79. The maximum Gasteiger partial charge on any atom is 0.401 e. The van der Waals surface area contributed by atoms with E-state index in [0.29, 0.717) is 26.2 Å². The van der Waals surface area contributed by atoms with Crippen LogP contribution in [0.2, 0.25) is 0 Å². The van der Waals surface area contributed by atoms with Crippen molar-refractivity contribution >= 4 is 5.69 Å². The molecule has 21 heavy (non-hydrogen) atoms. The molecule has 1 atom stereocenters. The standard InChI is InChI=1S/C14H21F3N4/c1-11(18-2)13-4-3-12(9-19-13)21-7-5-20(6-8-21)10-14(15,16)17/h3-4,9,11,18H,5-8,10H2,1-2H3. The SMILES string of the molecule is CNC(C)c1ccc(N2CCN(CC(F)(F)F)CC2)cn1. The molecular formula is C14H21F3N4. The topological polar surface area (TPSA) is 31.4 Å². The first-order valence-electron chi connectivity index (χ1n) is 7.06. The van der Waals surface area contributed by atoms with Gasteiger partial charge in [-0.25, -0.2) is 0 Å². The summed E-state index contributed by atoms with van der Waals surface area (Å²) in [6.45, 7) is 3.25. The van der Waals surface area contributed by atoms with Gasteiger partial charge in [-0.2, -0.15) is 13.2 Å². The zero-order valence-electron chi connectivity index (χ0n) is 12.3. The normalized spacial score (nSPS) is 18.8. The van der Waals surface area contributed by atoms with Crippen molar-refractivity contribution in [1.82, 2.24) is 15.2 Å². The molecule has 4 nitrogen and oxygen atoms in total. The molecule has 1 aliphatic heterocycles. The molecule has 1 fully saturated rings. The van der Waals surface area contributed by atoms with Crippen molar-refractivity contribution in [2.24, 2.45) is 0 Å². The van der Waals surface area contributed by atoms with Crippen LogP contribution in [0.25, 0.3) is 0 Å². The van der Waals surface area contributed by atoms with Gasteiger partial charge in [0, 0.05) is 32.2 Å². The van der Waals surface area contributed by atoms with Crippen molar-refractivity contribution in [3.05, 3.63) is 24.0 Å². The van der Waals surface area contributed by atoms with Gasteiger partial charge < -0.3 is 10.2 Å². The monoisotopic (exact) mass is 302 g/mol. The number of hydrogen-bond acceptors (Lipinski definition) is 4. The molecule has 0 aliphatic carbocycles. The smallest absolute Gasteiger partial charge is 0.368 e. The van der Waals surface area contributed by atoms with Gasteiger partial charge in [-0.3, -0.25) is 9.88 Å². The van der Waals surface area contributed by atoms with Crippen LogP contribution in [0.5, 0.6) is 0 Å². The minimum absolute atomic E-state index is 0.183. The number of nitrogens with one attached hydrogen (secondary N) is 1. The minimum atomic E-state index is -4.12. The van der Waals surface area contributed by atoms with E-state index >= 15 is 0 Å². The number of rotatable bonds is 4. The van der Waals surface area contributed by atoms with Crippen LogP contribution in [0.15, 0.2) is 18.3 Å². The molecule has 1 aliphatic rings. The second kappa shape index (κ2) is 6.62. The van der Waals surface area contributed by atoms with Crippen LogP contribution in [-0.2, 0) is 0 Å². The molecule has 7 heteroatoms. The van der Waals surface area contributed by atoms with Gasteiger partial charge in [-0.15, -0.1) is 0 Å². The summed E-state index contributed by atoms with van der Waals surface area (Å²) in [5.74, 6) is 0. The second-order valence-corrected chi connectivity index (χ2v) is 5.33. The first-order valence-corrected chi connectivity index (χ1v) is 7.06. The molecule has 1 N–H and O–H groups in total. The number of halogens is 3. The lowest BCUT2D eigenvalue weighted by Gasteiger charge is -2.36. The first kappa shape index (κ1) is 16.0. The molecule has 0 aromatic carbocycles. The fourth-order valence-electron chi connectivity index (χ4n) is 2.41. The highest BCUT2D eigenvalue weighted by atomic mass is 19.4. The zero-order chi connectivity index (χ0) is 15.5. The zero-order valence-corrected chi connectivity index (χ0v) is 12.3. The molecular weight excluding hydrogens is 281 g/mol. The lowest BCUT2D eigenvalue weighted by molar-refractivity contribution is -0.146. The molecule has 2 rings (SSSR count). The lowest BCUT2D eigenvalue weighted by Crippen LogP contribution is -2.49. The quantitative estimate of drug-likeness (QED) is 0.922. The third kappa shape index (κ3) is 4.57. The van der Waals surface area contributed by atoms with Gasteiger partial charge >= 0.3 is 6.18 Å². The van der Waals surface area contributed by atoms with Crippen LogP contribution in [0, 0.1) is 0 Å². The van der Waals surface area contributed by atoms with Crippen molar-refractivity contribution in [3.63, 3.8) is 0 Å². The average Bonchev–Trinajstić information content (AvgIpc) is 2.46. The summed E-state index contributed by atoms with van der Waals surface area (Å²) in [6.07, 6.45) is -2.32. The van der Waals surface area contributed by atoms with Gasteiger partial charge in [-0.05, 0) is 26.1 Å². The Kier molecular flexibility index (Phi) is 5.05. The summed E-state index contributed by atoms with van der Waals surface area (Å²) >= 11 is 0. The predicted octanol–water partition coefficient (Wildman–Crippen LogP) is 2.05. The number of anilines is 1. The van der Waals surface area contributed by atoms with E-state index in [1.165, 1.54) is 4.90 Å². The molecule has 0 bridgehead atoms. The molecule has 1 aromatic rings. The molecule has 118 valence electrons. The second-order valence-electron chi connectivity index (χ2n) is 5.33. The Labute approximate surface area is 122 Å². The van der Waals surface area contributed by atoms with Crippen molar-refractivity contribution < 1.29 is 13.2 Å². The van der Waals surface area contributed by atoms with E-state index in [1.807, 2.05) is 26.1 Å². The highest BCUT2D eigenvalue weighted by Gasteiger charge is 2.32. The molecule has 0 saturated carbocycles. The number of piperazine rings is 1. The fraction of sp³-hybridized carbons (Fsp3) is 0.643. The molecule has 1 aromatic heterocycles. The summed E-state index contributed by atoms with van der Waals surface area (Å²) in [5, 5.41) is 3.12. The summed E-state index contributed by atoms with van der Waals surface area (Å²) < 4.78 is 37.0. The molecule has 0 radical (unpaired) electrons. The van der Waals surface area contributed by atoms with Gasteiger partial charge in [0.15, 0.2) is 0 Å². The van der Waals surface area contributed by atoms with Gasteiger partial charge in [-0.1, -0.05) is 0 Å². The molecule has 1 unspecified atom stereocenters. The summed E-state index contributed by atoms with van der Waals surface area (Å²) in [6, 6.07) is 4.12. The Bertz CT molecular complexity index is 439. The molecule has 0 spiro atoms. The van der Waals surface area contributed by atoms with Gasteiger partial charge in [0.05, 0.1) is 24.1 Å². The Morgan fingerprint density at radius 2 is 1.90 bits per heavy atom. The van der Waals surface area contributed by atoms with Gasteiger partial charge in [0.2, 0.25) is 0 Å². The minimum Gasteiger partial charge on any atom is -0.368 e. The maximum atomic E-state index is 12.3. The van der Waals surface area contributed by atoms with Crippen molar-refractivity contribution in [2.45, 2.75) is 19.1 Å². The van der Waals surface area contributed by atoms with Crippen LogP contribution >= 0.6 is 0 Å². The molecule has 1 saturated heterocycles. The van der Waals surface area contributed by atoms with Crippen molar-refractivity contribution in [1.29, 1.82) is 0 Å². The van der Waals surface area contributed by atoms with E-state index in [9.17, 15) is 13.2 Å². The summed E-state index contributed by atoms with van der Waals surface area (Å²) in [4.78, 5) is 7.93. The number of hydrogen-bond donors (Lipinski definition) is 1. The predicted molar refractivity (Wildman–Crippen MR) is 76.4 cm³/mol. The molecule has 2 heterocycles. The van der Waals surface area contributed by atoms with Crippen LogP contribution in [0.3, 0.4) is 0 Å². The largest absolute Gasteiger partial charge is 0.401 e. The maximum absolute atomic E-state index is 12.3. The van der Waals surface area contributed by atoms with Crippen LogP contribution < -0.4 is 10.2 Å². The van der Waals surface area contributed by atoms with Gasteiger partial charge in [0.25, 0.3) is 0 Å². The highest BCUT2D eigenvalue weighted by molar-refractivity contribution is 5.45. The van der Waals surface area contributed by atoms with E-state index in [1.54, 1.807) is 6.20 Å². The first-order chi connectivity index (χ1) is 9.89. The number of pyridine rings is 1. The Morgan fingerprint density at radius 3 is 2.38 bits per heavy atom.